The summed E-state index contributed by atoms with van der Waals surface area (Å²) in [7, 11) is 0. The predicted octanol–water partition coefficient (Wildman–Crippen LogP) is -0.273. The molecule has 4 heteroatoms. The number of nitrogens with zero attached hydrogens (tertiary/aromatic N) is 1. The van der Waals surface area contributed by atoms with Gasteiger partial charge < -0.3 is 11.5 Å². The van der Waals surface area contributed by atoms with Crippen LogP contribution in [0, 0.1) is 5.53 Å². The van der Waals surface area contributed by atoms with Crippen molar-refractivity contribution < 1.29 is 4.70 Å². The van der Waals surface area contributed by atoms with Gasteiger partial charge in [-0.05, 0) is 13.1 Å². The maximum Gasteiger partial charge on any atom is 0.169 e. The molecular formula is C6H17N4+. The third-order valence-corrected chi connectivity index (χ3v) is 1.26. The maximum absolute atomic E-state index is 7.30. The van der Waals surface area contributed by atoms with E-state index in [2.05, 4.69) is 0 Å². The van der Waals surface area contributed by atoms with Gasteiger partial charge in [-0.3, -0.25) is 0 Å². The Bertz CT molecular complexity index is 81.7. The van der Waals surface area contributed by atoms with Gasteiger partial charge in [-0.2, -0.15) is 0 Å². The SMILES string of the molecule is N=[N+](CCCN)CCCN. The summed E-state index contributed by atoms with van der Waals surface area (Å²) >= 11 is 0. The van der Waals surface area contributed by atoms with Gasteiger partial charge in [0.2, 0.25) is 0 Å². The molecule has 0 atom stereocenters. The number of nitrogens with one attached hydrogen (secondary N) is 1. The first-order valence-electron chi connectivity index (χ1n) is 3.67. The van der Waals surface area contributed by atoms with Crippen molar-refractivity contribution in [3.8, 4) is 0 Å². The molecule has 4 nitrogen and oxygen atoms in total. The van der Waals surface area contributed by atoms with E-state index in [0.29, 0.717) is 13.1 Å². The molecule has 0 unspecified atom stereocenters. The van der Waals surface area contributed by atoms with Crippen molar-refractivity contribution in [1.82, 2.24) is 0 Å². The molecule has 0 aromatic heterocycles. The lowest BCUT2D eigenvalue weighted by atomic mass is 10.4. The molecule has 60 valence electrons. The van der Waals surface area contributed by atoms with Crippen molar-refractivity contribution in [2.75, 3.05) is 26.2 Å². The summed E-state index contributed by atoms with van der Waals surface area (Å²) in [5, 5.41) is 0. The first-order chi connectivity index (χ1) is 4.81. The minimum Gasteiger partial charge on any atom is -0.330 e. The van der Waals surface area contributed by atoms with Crippen molar-refractivity contribution in [2.24, 2.45) is 11.5 Å². The number of hydrogen-bond acceptors (Lipinski definition) is 3. The summed E-state index contributed by atoms with van der Waals surface area (Å²) in [5.41, 5.74) is 17.8. The summed E-state index contributed by atoms with van der Waals surface area (Å²) in [6, 6.07) is 0. The summed E-state index contributed by atoms with van der Waals surface area (Å²) in [4.78, 5) is 0. The van der Waals surface area contributed by atoms with Crippen molar-refractivity contribution in [3.05, 3.63) is 0 Å². The van der Waals surface area contributed by atoms with Crippen LogP contribution in [-0.2, 0) is 0 Å². The third-order valence-electron chi connectivity index (χ3n) is 1.26. The highest BCUT2D eigenvalue weighted by atomic mass is 15.2. The summed E-state index contributed by atoms with van der Waals surface area (Å²) in [6.07, 6.45) is 1.79. The molecule has 0 fully saturated rings. The van der Waals surface area contributed by atoms with Crippen molar-refractivity contribution in [1.29, 1.82) is 5.53 Å². The standard InChI is InChI=1S/C6H17N4/c7-3-1-5-10(9)6-2-4-8/h9H,1-8H2/q+1. The Morgan fingerprint density at radius 1 is 1.00 bits per heavy atom. The van der Waals surface area contributed by atoms with Crippen LogP contribution in [0.2, 0.25) is 0 Å². The Hall–Kier alpha value is -0.480. The average Bonchev–Trinajstić information content (AvgIpc) is 1.97. The van der Waals surface area contributed by atoms with Crippen molar-refractivity contribution >= 4 is 0 Å². The number of hydrogen-bond donors (Lipinski definition) is 3. The Labute approximate surface area is 61.7 Å². The minimum atomic E-state index is 0.665. The van der Waals surface area contributed by atoms with E-state index in [-0.39, 0.29) is 0 Å². The van der Waals surface area contributed by atoms with Crippen LogP contribution in [0.25, 0.3) is 0 Å². The summed E-state index contributed by atoms with van der Waals surface area (Å²) < 4.78 is 1.51. The largest absolute Gasteiger partial charge is 0.330 e. The highest BCUT2D eigenvalue weighted by Crippen LogP contribution is 1.82. The highest BCUT2D eigenvalue weighted by molar-refractivity contribution is 4.35. The lowest BCUT2D eigenvalue weighted by molar-refractivity contribution is -0.614. The zero-order chi connectivity index (χ0) is 7.82. The molecule has 0 heterocycles. The zero-order valence-corrected chi connectivity index (χ0v) is 6.34. The van der Waals surface area contributed by atoms with Gasteiger partial charge in [0.25, 0.3) is 0 Å². The average molecular weight is 145 g/mol. The molecule has 0 aliphatic heterocycles. The normalized spacial score (nSPS) is 9.80. The van der Waals surface area contributed by atoms with E-state index in [0.717, 1.165) is 25.9 Å². The molecule has 0 aromatic carbocycles. The fraction of sp³-hybridized carbons (Fsp3) is 1.00. The molecule has 0 saturated carbocycles. The van der Waals surface area contributed by atoms with E-state index < -0.39 is 0 Å². The predicted molar refractivity (Wildman–Crippen MR) is 40.1 cm³/mol. The number of rotatable bonds is 6. The highest BCUT2D eigenvalue weighted by Gasteiger charge is 1.99. The zero-order valence-electron chi connectivity index (χ0n) is 6.34. The quantitative estimate of drug-likeness (QED) is 0.355. The molecule has 0 bridgehead atoms. The molecule has 0 amide bonds. The van der Waals surface area contributed by atoms with Crippen LogP contribution in [-0.4, -0.2) is 30.9 Å². The van der Waals surface area contributed by atoms with E-state index >= 15 is 0 Å². The van der Waals surface area contributed by atoms with E-state index in [1.54, 1.807) is 0 Å². The van der Waals surface area contributed by atoms with E-state index in [4.69, 9.17) is 17.0 Å². The van der Waals surface area contributed by atoms with E-state index in [1.165, 1.54) is 4.70 Å². The van der Waals surface area contributed by atoms with Crippen molar-refractivity contribution in [3.63, 3.8) is 0 Å². The topological polar surface area (TPSA) is 78.9 Å². The third kappa shape index (κ3) is 5.65. The van der Waals surface area contributed by atoms with Crippen LogP contribution in [0.4, 0.5) is 0 Å². The van der Waals surface area contributed by atoms with Crippen LogP contribution >= 0.6 is 0 Å². The fourth-order valence-corrected chi connectivity index (χ4v) is 0.676. The van der Waals surface area contributed by atoms with Gasteiger partial charge in [-0.25, -0.2) is 0 Å². The van der Waals surface area contributed by atoms with Crippen LogP contribution in [0.5, 0.6) is 0 Å². The first-order valence-corrected chi connectivity index (χ1v) is 3.67. The molecule has 0 radical (unpaired) electrons. The molecule has 0 aliphatic carbocycles. The van der Waals surface area contributed by atoms with Gasteiger partial charge >= 0.3 is 0 Å². The monoisotopic (exact) mass is 145 g/mol. The van der Waals surface area contributed by atoms with Crippen molar-refractivity contribution in [2.45, 2.75) is 12.8 Å². The molecule has 0 saturated heterocycles. The van der Waals surface area contributed by atoms with Gasteiger partial charge in [0.15, 0.2) is 13.1 Å². The lowest BCUT2D eigenvalue weighted by Crippen LogP contribution is -2.17. The van der Waals surface area contributed by atoms with Crippen LogP contribution in [0.3, 0.4) is 0 Å². The minimum absolute atomic E-state index is 0.665. The molecular weight excluding hydrogens is 128 g/mol. The van der Waals surface area contributed by atoms with Crippen LogP contribution in [0.1, 0.15) is 12.8 Å². The van der Waals surface area contributed by atoms with Gasteiger partial charge in [-0.15, -0.1) is 4.70 Å². The Morgan fingerprint density at radius 2 is 1.40 bits per heavy atom. The number of nitrogens with two attached hydrogens (primary N) is 2. The molecule has 0 spiro atoms. The second kappa shape index (κ2) is 6.64. The fourth-order valence-electron chi connectivity index (χ4n) is 0.676. The van der Waals surface area contributed by atoms with Gasteiger partial charge in [-0.1, -0.05) is 5.53 Å². The van der Waals surface area contributed by atoms with Gasteiger partial charge in [0.05, 0.1) is 0 Å². The van der Waals surface area contributed by atoms with E-state index in [1.807, 2.05) is 0 Å². The second-order valence-electron chi connectivity index (χ2n) is 2.27. The first kappa shape index (κ1) is 9.52. The van der Waals surface area contributed by atoms with Gasteiger partial charge in [0.1, 0.15) is 0 Å². The lowest BCUT2D eigenvalue weighted by Gasteiger charge is -1.94. The van der Waals surface area contributed by atoms with Gasteiger partial charge in [0, 0.05) is 12.8 Å². The molecule has 5 N–H and O–H groups in total. The van der Waals surface area contributed by atoms with Crippen LogP contribution in [0.15, 0.2) is 0 Å². The molecule has 0 rings (SSSR count). The van der Waals surface area contributed by atoms with Crippen LogP contribution < -0.4 is 11.5 Å². The van der Waals surface area contributed by atoms with E-state index in [9.17, 15) is 0 Å². The molecule has 10 heavy (non-hydrogen) atoms. The Morgan fingerprint density at radius 3 is 1.70 bits per heavy atom. The maximum atomic E-state index is 7.30. The summed E-state index contributed by atoms with van der Waals surface area (Å²) in [6.45, 7) is 2.85. The summed E-state index contributed by atoms with van der Waals surface area (Å²) in [5.74, 6) is 0. The molecule has 0 aliphatic rings. The Balaban J connectivity index is 3.09. The smallest absolute Gasteiger partial charge is 0.169 e. The second-order valence-corrected chi connectivity index (χ2v) is 2.27. The molecule has 0 aromatic rings. The Kier molecular flexibility index (Phi) is 6.32.